The van der Waals surface area contributed by atoms with Gasteiger partial charge in [-0.1, -0.05) is 6.92 Å². The summed E-state index contributed by atoms with van der Waals surface area (Å²) in [6.45, 7) is 5.83. The van der Waals surface area contributed by atoms with Gasteiger partial charge in [0, 0.05) is 38.4 Å². The van der Waals surface area contributed by atoms with Gasteiger partial charge < -0.3 is 15.5 Å². The van der Waals surface area contributed by atoms with Gasteiger partial charge in [-0.15, -0.1) is 0 Å². The monoisotopic (exact) mass is 288 g/mol. The summed E-state index contributed by atoms with van der Waals surface area (Å²) >= 11 is 0. The molecule has 21 heavy (non-hydrogen) atoms. The van der Waals surface area contributed by atoms with Gasteiger partial charge in [0.25, 0.3) is 5.91 Å². The Labute approximate surface area is 126 Å². The zero-order valence-corrected chi connectivity index (χ0v) is 12.7. The van der Waals surface area contributed by atoms with Crippen LogP contribution in [0.3, 0.4) is 0 Å². The second kappa shape index (κ2) is 6.02. The van der Waals surface area contributed by atoms with Crippen LogP contribution >= 0.6 is 0 Å². The van der Waals surface area contributed by atoms with Crippen molar-refractivity contribution in [1.82, 2.24) is 9.88 Å². The Balaban J connectivity index is 1.65. The summed E-state index contributed by atoms with van der Waals surface area (Å²) in [5.74, 6) is 1.84. The summed E-state index contributed by atoms with van der Waals surface area (Å²) < 4.78 is 0. The van der Waals surface area contributed by atoms with Gasteiger partial charge in [-0.25, -0.2) is 4.98 Å². The Bertz CT molecular complexity index is 494. The zero-order chi connectivity index (χ0) is 14.8. The van der Waals surface area contributed by atoms with Gasteiger partial charge in [-0.2, -0.15) is 0 Å². The molecule has 2 N–H and O–H groups in total. The van der Waals surface area contributed by atoms with E-state index in [-0.39, 0.29) is 11.9 Å². The van der Waals surface area contributed by atoms with Gasteiger partial charge in [-0.05, 0) is 37.3 Å². The summed E-state index contributed by atoms with van der Waals surface area (Å²) in [6.07, 6.45) is 5.03. The summed E-state index contributed by atoms with van der Waals surface area (Å²) in [7, 11) is 0. The average Bonchev–Trinajstić information content (AvgIpc) is 2.94. The number of nitrogens with two attached hydrogens (primary N) is 1. The first-order valence-electron chi connectivity index (χ1n) is 7.89. The molecule has 2 saturated heterocycles. The number of pyridine rings is 1. The normalized spacial score (nSPS) is 23.6. The topological polar surface area (TPSA) is 62.5 Å². The number of amides is 1. The van der Waals surface area contributed by atoms with Crippen molar-refractivity contribution in [3.8, 4) is 0 Å². The third-order valence-corrected chi connectivity index (χ3v) is 4.61. The van der Waals surface area contributed by atoms with Crippen molar-refractivity contribution < 1.29 is 4.79 Å². The number of anilines is 1. The van der Waals surface area contributed by atoms with E-state index in [0.29, 0.717) is 12.1 Å². The van der Waals surface area contributed by atoms with E-state index in [4.69, 9.17) is 5.73 Å². The largest absolute Gasteiger partial charge is 0.357 e. The summed E-state index contributed by atoms with van der Waals surface area (Å²) in [4.78, 5) is 21.0. The third-order valence-electron chi connectivity index (χ3n) is 4.61. The van der Waals surface area contributed by atoms with Crippen LogP contribution in [-0.4, -0.2) is 48.0 Å². The number of nitrogens with zero attached hydrogens (tertiary/aromatic N) is 3. The van der Waals surface area contributed by atoms with Crippen LogP contribution in [0, 0.1) is 5.92 Å². The molecule has 1 aromatic rings. The molecular weight excluding hydrogens is 264 g/mol. The molecule has 0 saturated carbocycles. The van der Waals surface area contributed by atoms with Crippen molar-refractivity contribution in [1.29, 1.82) is 0 Å². The first-order valence-corrected chi connectivity index (χ1v) is 7.89. The molecular formula is C16H24N4O. The third kappa shape index (κ3) is 3.18. The van der Waals surface area contributed by atoms with Crippen molar-refractivity contribution in [3.63, 3.8) is 0 Å². The fourth-order valence-electron chi connectivity index (χ4n) is 3.09. The second-order valence-electron chi connectivity index (χ2n) is 6.37. The Morgan fingerprint density at radius 1 is 1.24 bits per heavy atom. The van der Waals surface area contributed by atoms with E-state index in [0.717, 1.165) is 37.8 Å². The van der Waals surface area contributed by atoms with Crippen LogP contribution in [0.4, 0.5) is 5.82 Å². The van der Waals surface area contributed by atoms with E-state index in [1.54, 1.807) is 6.20 Å². The number of aromatic nitrogens is 1. The van der Waals surface area contributed by atoms with Crippen LogP contribution in [0.25, 0.3) is 0 Å². The Morgan fingerprint density at radius 3 is 2.57 bits per heavy atom. The zero-order valence-electron chi connectivity index (χ0n) is 12.7. The van der Waals surface area contributed by atoms with Crippen LogP contribution in [0.2, 0.25) is 0 Å². The number of hydrogen-bond acceptors (Lipinski definition) is 4. The lowest BCUT2D eigenvalue weighted by Crippen LogP contribution is -2.34. The molecule has 3 rings (SSSR count). The minimum Gasteiger partial charge on any atom is -0.357 e. The van der Waals surface area contributed by atoms with Crippen molar-refractivity contribution >= 4 is 11.7 Å². The number of carbonyl (C=O) groups is 1. The molecule has 0 spiro atoms. The summed E-state index contributed by atoms with van der Waals surface area (Å²) in [5.41, 5.74) is 6.52. The smallest absolute Gasteiger partial charge is 0.255 e. The first-order chi connectivity index (χ1) is 10.1. The molecule has 1 atom stereocenters. The lowest BCUT2D eigenvalue weighted by atomic mass is 9.99. The average molecular weight is 288 g/mol. The molecule has 0 bridgehead atoms. The van der Waals surface area contributed by atoms with Gasteiger partial charge in [0.15, 0.2) is 0 Å². The molecule has 2 aliphatic rings. The van der Waals surface area contributed by atoms with Crippen LogP contribution in [0.5, 0.6) is 0 Å². The highest BCUT2D eigenvalue weighted by atomic mass is 16.2. The molecule has 2 fully saturated rings. The van der Waals surface area contributed by atoms with Crippen molar-refractivity contribution in [2.45, 2.75) is 32.2 Å². The van der Waals surface area contributed by atoms with Crippen LogP contribution in [0.15, 0.2) is 18.3 Å². The summed E-state index contributed by atoms with van der Waals surface area (Å²) in [6, 6.07) is 3.99. The maximum absolute atomic E-state index is 12.3. The van der Waals surface area contributed by atoms with E-state index >= 15 is 0 Å². The fraction of sp³-hybridized carbons (Fsp3) is 0.625. The molecule has 3 heterocycles. The second-order valence-corrected chi connectivity index (χ2v) is 6.37. The molecule has 0 aromatic carbocycles. The van der Waals surface area contributed by atoms with Gasteiger partial charge in [0.05, 0.1) is 5.56 Å². The van der Waals surface area contributed by atoms with Gasteiger partial charge in [-0.3, -0.25) is 4.79 Å². The Kier molecular flexibility index (Phi) is 4.10. The van der Waals surface area contributed by atoms with Crippen molar-refractivity contribution in [3.05, 3.63) is 23.9 Å². The Morgan fingerprint density at radius 2 is 2.00 bits per heavy atom. The highest BCUT2D eigenvalue weighted by Crippen LogP contribution is 2.21. The minimum atomic E-state index is 0.0502. The highest BCUT2D eigenvalue weighted by molar-refractivity contribution is 5.94. The molecule has 0 aliphatic carbocycles. The minimum absolute atomic E-state index is 0.0502. The van der Waals surface area contributed by atoms with Gasteiger partial charge in [0.2, 0.25) is 0 Å². The van der Waals surface area contributed by atoms with E-state index in [1.807, 2.05) is 17.0 Å². The van der Waals surface area contributed by atoms with Crippen LogP contribution in [0.1, 0.15) is 36.5 Å². The van der Waals surface area contributed by atoms with Gasteiger partial charge >= 0.3 is 0 Å². The SMILES string of the molecule is CC1CCN(c2ccc(C(=O)N3CC[C@@H](N)C3)cn2)CC1. The molecule has 0 radical (unpaired) electrons. The van der Waals surface area contributed by atoms with Gasteiger partial charge in [0.1, 0.15) is 5.82 Å². The predicted octanol–water partition coefficient (Wildman–Crippen LogP) is 1.49. The molecule has 114 valence electrons. The maximum Gasteiger partial charge on any atom is 0.255 e. The molecule has 2 aliphatic heterocycles. The van der Waals surface area contributed by atoms with Crippen LogP contribution < -0.4 is 10.6 Å². The van der Waals surface area contributed by atoms with E-state index in [2.05, 4.69) is 16.8 Å². The predicted molar refractivity (Wildman–Crippen MR) is 83.3 cm³/mol. The molecule has 1 amide bonds. The molecule has 5 nitrogen and oxygen atoms in total. The van der Waals surface area contributed by atoms with E-state index < -0.39 is 0 Å². The fourth-order valence-corrected chi connectivity index (χ4v) is 3.09. The maximum atomic E-state index is 12.3. The van der Waals surface area contributed by atoms with E-state index in [9.17, 15) is 4.79 Å². The lowest BCUT2D eigenvalue weighted by Gasteiger charge is -2.31. The standard InChI is InChI=1S/C16H24N4O/c1-12-4-7-19(8-5-12)15-3-2-13(10-18-15)16(21)20-9-6-14(17)11-20/h2-3,10,12,14H,4-9,11,17H2,1H3/t14-/m1/s1. The number of piperidine rings is 1. The van der Waals surface area contributed by atoms with Crippen molar-refractivity contribution in [2.75, 3.05) is 31.1 Å². The number of rotatable bonds is 2. The lowest BCUT2D eigenvalue weighted by molar-refractivity contribution is 0.0790. The molecule has 5 heteroatoms. The van der Waals surface area contributed by atoms with Crippen LogP contribution in [-0.2, 0) is 0 Å². The quantitative estimate of drug-likeness (QED) is 0.895. The van der Waals surface area contributed by atoms with E-state index in [1.165, 1.54) is 12.8 Å². The van der Waals surface area contributed by atoms with Crippen molar-refractivity contribution in [2.24, 2.45) is 11.7 Å². The number of hydrogen-bond donors (Lipinski definition) is 1. The number of carbonyl (C=O) groups excluding carboxylic acids is 1. The Hall–Kier alpha value is -1.62. The first kappa shape index (κ1) is 14.3. The number of likely N-dealkylation sites (tertiary alicyclic amines) is 1. The molecule has 0 unspecified atom stereocenters. The molecule has 1 aromatic heterocycles. The highest BCUT2D eigenvalue weighted by Gasteiger charge is 2.25. The summed E-state index contributed by atoms with van der Waals surface area (Å²) in [5, 5.41) is 0.